The SMILES string of the molecule is CCCCCCCCCC#Cc1ccccc1. The number of hydrogen-bond acceptors (Lipinski definition) is 0. The summed E-state index contributed by atoms with van der Waals surface area (Å²) in [5.41, 5.74) is 1.13. The van der Waals surface area contributed by atoms with Gasteiger partial charge in [0.25, 0.3) is 0 Å². The summed E-state index contributed by atoms with van der Waals surface area (Å²) < 4.78 is 0. The lowest BCUT2D eigenvalue weighted by atomic mass is 10.1. The zero-order chi connectivity index (χ0) is 12.2. The third kappa shape index (κ3) is 7.64. The van der Waals surface area contributed by atoms with E-state index >= 15 is 0 Å². The second kappa shape index (κ2) is 9.97. The third-order valence-corrected chi connectivity index (χ3v) is 2.91. The average Bonchev–Trinajstić information content (AvgIpc) is 2.38. The Balaban J connectivity index is 1.99. The molecule has 0 aliphatic rings. The molecule has 0 unspecified atom stereocenters. The summed E-state index contributed by atoms with van der Waals surface area (Å²) in [7, 11) is 0. The van der Waals surface area contributed by atoms with Crippen molar-refractivity contribution in [1.29, 1.82) is 0 Å². The van der Waals surface area contributed by atoms with Crippen LogP contribution in [0.2, 0.25) is 0 Å². The minimum atomic E-state index is 1.04. The molecule has 0 atom stereocenters. The van der Waals surface area contributed by atoms with Crippen LogP contribution in [0.1, 0.15) is 63.9 Å². The standard InChI is InChI=1S/C17H24/c1-2-3-4-5-6-7-8-9-11-14-17-15-12-10-13-16-17/h10,12-13,15-16H,2-9H2,1H3. The van der Waals surface area contributed by atoms with Crippen LogP contribution in [0, 0.1) is 11.8 Å². The molecule has 0 bridgehead atoms. The van der Waals surface area contributed by atoms with Gasteiger partial charge in [-0.25, -0.2) is 0 Å². The molecule has 0 spiro atoms. The quantitative estimate of drug-likeness (QED) is 0.445. The Bertz CT molecular complexity index is 326. The smallest absolute Gasteiger partial charge is 0.0245 e. The van der Waals surface area contributed by atoms with Crippen LogP contribution in [0.25, 0.3) is 0 Å². The lowest BCUT2D eigenvalue weighted by Gasteiger charge is -1.97. The van der Waals surface area contributed by atoms with E-state index in [0.717, 1.165) is 12.0 Å². The summed E-state index contributed by atoms with van der Waals surface area (Å²) in [5.74, 6) is 6.46. The normalized spacial score (nSPS) is 9.71. The van der Waals surface area contributed by atoms with Crippen LogP contribution in [0.3, 0.4) is 0 Å². The first-order valence-corrected chi connectivity index (χ1v) is 6.97. The summed E-state index contributed by atoms with van der Waals surface area (Å²) in [6.07, 6.45) is 10.6. The van der Waals surface area contributed by atoms with Crippen LogP contribution >= 0.6 is 0 Å². The van der Waals surface area contributed by atoms with Crippen molar-refractivity contribution < 1.29 is 0 Å². The highest BCUT2D eigenvalue weighted by Gasteiger charge is 1.89. The average molecular weight is 228 g/mol. The molecule has 0 radical (unpaired) electrons. The minimum Gasteiger partial charge on any atom is -0.0979 e. The maximum Gasteiger partial charge on any atom is 0.0245 e. The second-order valence-electron chi connectivity index (χ2n) is 4.54. The monoisotopic (exact) mass is 228 g/mol. The molecule has 0 fully saturated rings. The van der Waals surface area contributed by atoms with Gasteiger partial charge in [-0.1, -0.05) is 75.5 Å². The van der Waals surface area contributed by atoms with E-state index in [2.05, 4.69) is 30.9 Å². The molecule has 0 aliphatic carbocycles. The predicted octanol–water partition coefficient (Wildman–Crippen LogP) is 5.18. The molecule has 0 aromatic heterocycles. The molecule has 1 rings (SSSR count). The van der Waals surface area contributed by atoms with Gasteiger partial charge in [-0.05, 0) is 18.6 Å². The van der Waals surface area contributed by atoms with E-state index < -0.39 is 0 Å². The third-order valence-electron chi connectivity index (χ3n) is 2.91. The van der Waals surface area contributed by atoms with Gasteiger partial charge in [0, 0.05) is 12.0 Å². The maximum atomic E-state index is 3.25. The molecular weight excluding hydrogens is 204 g/mol. The van der Waals surface area contributed by atoms with Crippen LogP contribution in [0.4, 0.5) is 0 Å². The van der Waals surface area contributed by atoms with Crippen LogP contribution in [-0.4, -0.2) is 0 Å². The van der Waals surface area contributed by atoms with Crippen molar-refractivity contribution in [2.24, 2.45) is 0 Å². The van der Waals surface area contributed by atoms with E-state index in [9.17, 15) is 0 Å². The van der Waals surface area contributed by atoms with Gasteiger partial charge in [0.2, 0.25) is 0 Å². The van der Waals surface area contributed by atoms with Crippen molar-refractivity contribution >= 4 is 0 Å². The minimum absolute atomic E-state index is 1.04. The number of hydrogen-bond donors (Lipinski definition) is 0. The fourth-order valence-corrected chi connectivity index (χ4v) is 1.86. The molecule has 92 valence electrons. The topological polar surface area (TPSA) is 0 Å². The summed E-state index contributed by atoms with van der Waals surface area (Å²) in [4.78, 5) is 0. The summed E-state index contributed by atoms with van der Waals surface area (Å²) in [6, 6.07) is 10.2. The zero-order valence-electron chi connectivity index (χ0n) is 11.0. The summed E-state index contributed by atoms with van der Waals surface area (Å²) in [6.45, 7) is 2.26. The van der Waals surface area contributed by atoms with Gasteiger partial charge in [-0.15, -0.1) is 0 Å². The lowest BCUT2D eigenvalue weighted by Crippen LogP contribution is -1.79. The molecule has 0 N–H and O–H groups in total. The van der Waals surface area contributed by atoms with Crippen LogP contribution in [0.5, 0.6) is 0 Å². The van der Waals surface area contributed by atoms with E-state index in [4.69, 9.17) is 0 Å². The van der Waals surface area contributed by atoms with E-state index in [1.54, 1.807) is 0 Å². The Morgan fingerprint density at radius 3 is 2.18 bits per heavy atom. The van der Waals surface area contributed by atoms with Gasteiger partial charge in [-0.2, -0.15) is 0 Å². The Kier molecular flexibility index (Phi) is 8.12. The highest BCUT2D eigenvalue weighted by atomic mass is 13.9. The first-order valence-electron chi connectivity index (χ1n) is 6.97. The van der Waals surface area contributed by atoms with Crippen molar-refractivity contribution in [3.8, 4) is 11.8 Å². The molecule has 17 heavy (non-hydrogen) atoms. The largest absolute Gasteiger partial charge is 0.0979 e. The van der Waals surface area contributed by atoms with Crippen molar-refractivity contribution in [2.45, 2.75) is 58.3 Å². The van der Waals surface area contributed by atoms with Gasteiger partial charge in [-0.3, -0.25) is 0 Å². The molecule has 1 aromatic rings. The Hall–Kier alpha value is -1.22. The van der Waals surface area contributed by atoms with Gasteiger partial charge in [0.15, 0.2) is 0 Å². The van der Waals surface area contributed by atoms with Crippen molar-refractivity contribution in [1.82, 2.24) is 0 Å². The van der Waals surface area contributed by atoms with Gasteiger partial charge >= 0.3 is 0 Å². The first kappa shape index (κ1) is 13.8. The molecule has 0 heteroatoms. The van der Waals surface area contributed by atoms with Crippen molar-refractivity contribution in [2.75, 3.05) is 0 Å². The van der Waals surface area contributed by atoms with Crippen molar-refractivity contribution in [3.63, 3.8) is 0 Å². The molecule has 0 saturated heterocycles. The molecule has 0 heterocycles. The lowest BCUT2D eigenvalue weighted by molar-refractivity contribution is 0.594. The van der Waals surface area contributed by atoms with E-state index in [0.29, 0.717) is 0 Å². The predicted molar refractivity (Wildman–Crippen MR) is 75.9 cm³/mol. The highest BCUT2D eigenvalue weighted by Crippen LogP contribution is 2.07. The van der Waals surface area contributed by atoms with Crippen LogP contribution in [-0.2, 0) is 0 Å². The second-order valence-corrected chi connectivity index (χ2v) is 4.54. The van der Waals surface area contributed by atoms with E-state index in [-0.39, 0.29) is 0 Å². The van der Waals surface area contributed by atoms with Crippen LogP contribution < -0.4 is 0 Å². The molecular formula is C17H24. The summed E-state index contributed by atoms with van der Waals surface area (Å²) in [5, 5.41) is 0. The fraction of sp³-hybridized carbons (Fsp3) is 0.529. The molecule has 0 amide bonds. The Labute approximate surface area is 106 Å². The number of unbranched alkanes of at least 4 members (excludes halogenated alkanes) is 7. The fourth-order valence-electron chi connectivity index (χ4n) is 1.86. The van der Waals surface area contributed by atoms with E-state index in [1.165, 1.54) is 44.9 Å². The first-order chi connectivity index (χ1) is 8.43. The van der Waals surface area contributed by atoms with Gasteiger partial charge in [0.1, 0.15) is 0 Å². The summed E-state index contributed by atoms with van der Waals surface area (Å²) >= 11 is 0. The molecule has 1 aromatic carbocycles. The number of rotatable bonds is 7. The molecule has 0 nitrogen and oxygen atoms in total. The highest BCUT2D eigenvalue weighted by molar-refractivity contribution is 5.33. The molecule has 0 saturated carbocycles. The van der Waals surface area contributed by atoms with Gasteiger partial charge < -0.3 is 0 Å². The van der Waals surface area contributed by atoms with Crippen LogP contribution in [0.15, 0.2) is 30.3 Å². The Morgan fingerprint density at radius 2 is 1.47 bits per heavy atom. The Morgan fingerprint density at radius 1 is 0.824 bits per heavy atom. The molecule has 0 aliphatic heterocycles. The van der Waals surface area contributed by atoms with Crippen molar-refractivity contribution in [3.05, 3.63) is 35.9 Å². The zero-order valence-corrected chi connectivity index (χ0v) is 11.0. The van der Waals surface area contributed by atoms with Gasteiger partial charge in [0.05, 0.1) is 0 Å². The van der Waals surface area contributed by atoms with E-state index in [1.807, 2.05) is 18.2 Å². The number of benzene rings is 1. The maximum absolute atomic E-state index is 3.25.